The van der Waals surface area contributed by atoms with Gasteiger partial charge in [0, 0.05) is 17.4 Å². The van der Waals surface area contributed by atoms with Gasteiger partial charge in [-0.2, -0.15) is 0 Å². The number of rotatable bonds is 2. The maximum Gasteiger partial charge on any atom is 0.407 e. The van der Waals surface area contributed by atoms with Crippen LogP contribution in [-0.2, 0) is 11.2 Å². The molecule has 0 radical (unpaired) electrons. The number of ether oxygens (including phenoxy) is 1. The minimum absolute atomic E-state index is 0.239. The van der Waals surface area contributed by atoms with E-state index in [4.69, 9.17) is 4.74 Å². The first-order chi connectivity index (χ1) is 10.1. The summed E-state index contributed by atoms with van der Waals surface area (Å²) in [7, 11) is 0. The normalized spacial score (nSPS) is 19.1. The highest BCUT2D eigenvalue weighted by Gasteiger charge is 2.28. The van der Waals surface area contributed by atoms with Crippen LogP contribution < -0.4 is 0 Å². The van der Waals surface area contributed by atoms with Gasteiger partial charge in [0.15, 0.2) is 0 Å². The summed E-state index contributed by atoms with van der Waals surface area (Å²) in [5, 5.41) is 10.1. The monoisotopic (exact) mass is 356 g/mol. The van der Waals surface area contributed by atoms with Gasteiger partial charge in [-0.05, 0) is 46.1 Å². The standard InChI is InChI=1S/C14H14BrFN2O3/c15-13-11(10-2-1-8(16)5-12(10)17-13)6-9-7-21-4-3-18(9)14(19)20/h1-2,5,9,17H,3-4,6-7H2,(H,19,20)/t9-/m1/s1. The van der Waals surface area contributed by atoms with Gasteiger partial charge in [-0.25, -0.2) is 9.18 Å². The van der Waals surface area contributed by atoms with Crippen LogP contribution in [0.15, 0.2) is 22.8 Å². The zero-order chi connectivity index (χ0) is 15.0. The molecule has 0 unspecified atom stereocenters. The number of carboxylic acid groups (broad SMARTS) is 1. The number of hydrogen-bond donors (Lipinski definition) is 2. The number of aromatic amines is 1. The fourth-order valence-electron chi connectivity index (χ4n) is 2.71. The third kappa shape index (κ3) is 2.75. The van der Waals surface area contributed by atoms with Gasteiger partial charge in [0.25, 0.3) is 0 Å². The lowest BCUT2D eigenvalue weighted by Crippen LogP contribution is -2.49. The summed E-state index contributed by atoms with van der Waals surface area (Å²) in [6.45, 7) is 1.16. The molecule has 0 aliphatic carbocycles. The van der Waals surface area contributed by atoms with E-state index < -0.39 is 6.09 Å². The highest BCUT2D eigenvalue weighted by atomic mass is 79.9. The summed E-state index contributed by atoms with van der Waals surface area (Å²) in [6.07, 6.45) is -0.427. The zero-order valence-electron chi connectivity index (χ0n) is 11.1. The summed E-state index contributed by atoms with van der Waals surface area (Å²) in [5.74, 6) is -0.309. The predicted molar refractivity (Wildman–Crippen MR) is 79.0 cm³/mol. The van der Waals surface area contributed by atoms with Crippen LogP contribution in [-0.4, -0.2) is 46.9 Å². The Morgan fingerprint density at radius 3 is 3.14 bits per heavy atom. The van der Waals surface area contributed by atoms with Crippen LogP contribution in [0.5, 0.6) is 0 Å². The second-order valence-corrected chi connectivity index (χ2v) is 5.81. The van der Waals surface area contributed by atoms with Crippen molar-refractivity contribution in [2.45, 2.75) is 12.5 Å². The number of nitrogens with zero attached hydrogens (tertiary/aromatic N) is 1. The Hall–Kier alpha value is -1.60. The summed E-state index contributed by atoms with van der Waals surface area (Å²) >= 11 is 3.43. The van der Waals surface area contributed by atoms with Crippen molar-refractivity contribution in [2.75, 3.05) is 19.8 Å². The van der Waals surface area contributed by atoms with E-state index in [1.807, 2.05) is 0 Å². The maximum absolute atomic E-state index is 13.3. The minimum Gasteiger partial charge on any atom is -0.465 e. The number of morpholine rings is 1. The van der Waals surface area contributed by atoms with Gasteiger partial charge in [0.2, 0.25) is 0 Å². The molecule has 1 amide bonds. The number of aromatic nitrogens is 1. The van der Waals surface area contributed by atoms with Crippen LogP contribution in [0.4, 0.5) is 9.18 Å². The molecular formula is C14H14BrFN2O3. The topological polar surface area (TPSA) is 65.6 Å². The van der Waals surface area contributed by atoms with Crippen molar-refractivity contribution >= 4 is 32.9 Å². The Balaban J connectivity index is 1.93. The minimum atomic E-state index is -0.940. The number of halogens is 2. The molecule has 0 saturated carbocycles. The second kappa shape index (κ2) is 5.65. The van der Waals surface area contributed by atoms with Crippen LogP contribution in [0.2, 0.25) is 0 Å². The van der Waals surface area contributed by atoms with Crippen LogP contribution in [0, 0.1) is 5.82 Å². The smallest absolute Gasteiger partial charge is 0.407 e. The molecule has 21 heavy (non-hydrogen) atoms. The predicted octanol–water partition coefficient (Wildman–Crippen LogP) is 2.99. The second-order valence-electron chi connectivity index (χ2n) is 5.02. The molecule has 1 atom stereocenters. The molecular weight excluding hydrogens is 343 g/mol. The number of nitrogens with one attached hydrogen (secondary N) is 1. The van der Waals surface area contributed by atoms with Crippen LogP contribution >= 0.6 is 15.9 Å². The lowest BCUT2D eigenvalue weighted by molar-refractivity contribution is 0.000334. The highest BCUT2D eigenvalue weighted by Crippen LogP contribution is 2.29. The molecule has 1 aromatic heterocycles. The molecule has 7 heteroatoms. The lowest BCUT2D eigenvalue weighted by Gasteiger charge is -2.33. The van der Waals surface area contributed by atoms with Gasteiger partial charge in [0.1, 0.15) is 5.82 Å². The van der Waals surface area contributed by atoms with Gasteiger partial charge >= 0.3 is 6.09 Å². The third-order valence-electron chi connectivity index (χ3n) is 3.73. The Labute approximate surface area is 128 Å². The number of fused-ring (bicyclic) bond motifs is 1. The molecule has 2 aromatic rings. The molecule has 0 bridgehead atoms. The molecule has 2 N–H and O–H groups in total. The van der Waals surface area contributed by atoms with Crippen LogP contribution in [0.25, 0.3) is 10.9 Å². The molecule has 1 saturated heterocycles. The first-order valence-corrected chi connectivity index (χ1v) is 7.38. The van der Waals surface area contributed by atoms with Gasteiger partial charge in [-0.15, -0.1) is 0 Å². The molecule has 1 aliphatic rings. The van der Waals surface area contributed by atoms with E-state index in [0.717, 1.165) is 15.6 Å². The molecule has 3 rings (SSSR count). The van der Waals surface area contributed by atoms with Crippen molar-refractivity contribution in [1.29, 1.82) is 0 Å². The molecule has 1 fully saturated rings. The van der Waals surface area contributed by atoms with E-state index in [1.54, 1.807) is 6.07 Å². The first kappa shape index (κ1) is 14.3. The Morgan fingerprint density at radius 1 is 1.57 bits per heavy atom. The van der Waals surface area contributed by atoms with Crippen molar-refractivity contribution in [2.24, 2.45) is 0 Å². The molecule has 1 aliphatic heterocycles. The quantitative estimate of drug-likeness (QED) is 0.869. The molecule has 2 heterocycles. The Kier molecular flexibility index (Phi) is 3.86. The first-order valence-electron chi connectivity index (χ1n) is 6.59. The number of hydrogen-bond acceptors (Lipinski definition) is 2. The fraction of sp³-hybridized carbons (Fsp3) is 0.357. The number of amides is 1. The van der Waals surface area contributed by atoms with Crippen LogP contribution in [0.3, 0.4) is 0 Å². The van der Waals surface area contributed by atoms with E-state index in [0.29, 0.717) is 31.7 Å². The Morgan fingerprint density at radius 2 is 2.38 bits per heavy atom. The van der Waals surface area contributed by atoms with Crippen molar-refractivity contribution in [3.63, 3.8) is 0 Å². The van der Waals surface area contributed by atoms with Gasteiger partial charge in [0.05, 0.1) is 23.9 Å². The molecule has 5 nitrogen and oxygen atoms in total. The summed E-state index contributed by atoms with van der Waals surface area (Å²) < 4.78 is 19.4. The number of benzene rings is 1. The van der Waals surface area contributed by atoms with Crippen molar-refractivity contribution in [1.82, 2.24) is 9.88 Å². The average Bonchev–Trinajstić information content (AvgIpc) is 2.74. The van der Waals surface area contributed by atoms with E-state index in [-0.39, 0.29) is 11.9 Å². The molecule has 0 spiro atoms. The zero-order valence-corrected chi connectivity index (χ0v) is 12.7. The van der Waals surface area contributed by atoms with Gasteiger partial charge < -0.3 is 19.7 Å². The highest BCUT2D eigenvalue weighted by molar-refractivity contribution is 9.10. The van der Waals surface area contributed by atoms with E-state index in [2.05, 4.69) is 20.9 Å². The van der Waals surface area contributed by atoms with Crippen molar-refractivity contribution in [3.8, 4) is 0 Å². The van der Waals surface area contributed by atoms with Crippen molar-refractivity contribution < 1.29 is 19.0 Å². The third-order valence-corrected chi connectivity index (χ3v) is 4.41. The molecule has 1 aromatic carbocycles. The SMILES string of the molecule is O=C(O)N1CCOC[C@H]1Cc1c(Br)[nH]c2cc(F)ccc12. The number of carbonyl (C=O) groups is 1. The summed E-state index contributed by atoms with van der Waals surface area (Å²) in [6, 6.07) is 4.29. The number of H-pyrrole nitrogens is 1. The summed E-state index contributed by atoms with van der Waals surface area (Å²) in [4.78, 5) is 15.8. The van der Waals surface area contributed by atoms with Crippen molar-refractivity contribution in [3.05, 3.63) is 34.2 Å². The van der Waals surface area contributed by atoms with E-state index in [1.165, 1.54) is 17.0 Å². The van der Waals surface area contributed by atoms with Crippen LogP contribution in [0.1, 0.15) is 5.56 Å². The maximum atomic E-state index is 13.3. The molecule has 112 valence electrons. The van der Waals surface area contributed by atoms with E-state index >= 15 is 0 Å². The Bertz CT molecular complexity index is 688. The lowest BCUT2D eigenvalue weighted by atomic mass is 10.0. The van der Waals surface area contributed by atoms with Gasteiger partial charge in [-0.1, -0.05) is 0 Å². The largest absolute Gasteiger partial charge is 0.465 e. The summed E-state index contributed by atoms with van der Waals surface area (Å²) in [5.41, 5.74) is 1.63. The van der Waals surface area contributed by atoms with Gasteiger partial charge in [-0.3, -0.25) is 0 Å². The fourth-order valence-corrected chi connectivity index (χ4v) is 3.29. The average molecular weight is 357 g/mol. The van der Waals surface area contributed by atoms with E-state index in [9.17, 15) is 14.3 Å².